The maximum Gasteiger partial charge on any atom is 0.344 e. The molecule has 0 saturated carbocycles. The Morgan fingerprint density at radius 1 is 1.25 bits per heavy atom. The van der Waals surface area contributed by atoms with Crippen LogP contribution in [0.25, 0.3) is 22.2 Å². The van der Waals surface area contributed by atoms with Gasteiger partial charge in [-0.25, -0.2) is 4.79 Å². The number of ether oxygens (including phenoxy) is 2. The molecule has 0 aliphatic carbocycles. The van der Waals surface area contributed by atoms with Crippen LogP contribution in [-0.4, -0.2) is 24.3 Å². The normalized spacial score (nSPS) is 10.8. The van der Waals surface area contributed by atoms with Crippen molar-refractivity contribution < 1.29 is 18.8 Å². The molecule has 1 heterocycles. The number of hydrogen-bond acceptors (Lipinski definition) is 5. The molecule has 0 radical (unpaired) electrons. The molecule has 1 aromatic heterocycles. The lowest BCUT2D eigenvalue weighted by Crippen LogP contribution is -2.14. The van der Waals surface area contributed by atoms with Crippen molar-refractivity contribution in [2.45, 2.75) is 13.8 Å². The summed E-state index contributed by atoms with van der Waals surface area (Å²) in [7, 11) is 0. The molecule has 3 rings (SSSR count). The first kappa shape index (κ1) is 16.3. The molecule has 0 aliphatic rings. The predicted octanol–water partition coefficient (Wildman–Crippen LogP) is 4.40. The number of nitrogens with zero attached hydrogens (tertiary/aromatic N) is 1. The fourth-order valence-electron chi connectivity index (χ4n) is 2.44. The quantitative estimate of drug-likeness (QED) is 0.641. The molecule has 24 heavy (non-hydrogen) atoms. The molecule has 0 N–H and O–H groups in total. The van der Waals surface area contributed by atoms with Crippen LogP contribution in [0.15, 0.2) is 40.9 Å². The number of fused-ring (bicyclic) bond motifs is 1. The van der Waals surface area contributed by atoms with Gasteiger partial charge >= 0.3 is 5.97 Å². The van der Waals surface area contributed by atoms with Crippen LogP contribution in [0.5, 0.6) is 5.75 Å². The summed E-state index contributed by atoms with van der Waals surface area (Å²) in [5.41, 5.74) is 3.22. The van der Waals surface area contributed by atoms with Crippen molar-refractivity contribution in [2.24, 2.45) is 0 Å². The molecule has 0 saturated heterocycles. The van der Waals surface area contributed by atoms with Crippen molar-refractivity contribution in [3.63, 3.8) is 0 Å². The molecule has 3 aromatic rings. The first-order valence-electron chi connectivity index (χ1n) is 7.54. The van der Waals surface area contributed by atoms with Gasteiger partial charge in [-0.1, -0.05) is 41.0 Å². The van der Waals surface area contributed by atoms with Crippen molar-refractivity contribution in [2.75, 3.05) is 13.2 Å². The van der Waals surface area contributed by atoms with Crippen LogP contribution in [0.2, 0.25) is 5.02 Å². The van der Waals surface area contributed by atoms with E-state index in [1.807, 2.05) is 37.3 Å². The number of rotatable bonds is 5. The Morgan fingerprint density at radius 2 is 2.04 bits per heavy atom. The highest BCUT2D eigenvalue weighted by molar-refractivity contribution is 6.36. The number of aryl methyl sites for hydroxylation is 1. The van der Waals surface area contributed by atoms with Crippen LogP contribution >= 0.6 is 11.6 Å². The Morgan fingerprint density at radius 3 is 2.79 bits per heavy atom. The van der Waals surface area contributed by atoms with Crippen molar-refractivity contribution in [3.8, 4) is 17.0 Å². The molecule has 0 fully saturated rings. The number of carbonyl (C=O) groups excluding carboxylic acids is 1. The zero-order chi connectivity index (χ0) is 17.1. The van der Waals surface area contributed by atoms with Gasteiger partial charge in [-0.15, -0.1) is 0 Å². The number of halogens is 1. The van der Waals surface area contributed by atoms with Crippen LogP contribution in [0.3, 0.4) is 0 Å². The Bertz CT molecular complexity index is 888. The fourth-order valence-corrected chi connectivity index (χ4v) is 2.69. The van der Waals surface area contributed by atoms with E-state index >= 15 is 0 Å². The summed E-state index contributed by atoms with van der Waals surface area (Å²) in [6.45, 7) is 3.83. The summed E-state index contributed by atoms with van der Waals surface area (Å²) >= 11 is 6.33. The van der Waals surface area contributed by atoms with Gasteiger partial charge in [-0.2, -0.15) is 0 Å². The van der Waals surface area contributed by atoms with E-state index < -0.39 is 5.97 Å². The number of hydrogen-bond donors (Lipinski definition) is 0. The summed E-state index contributed by atoms with van der Waals surface area (Å²) in [6, 6.07) is 11.4. The molecule has 0 spiro atoms. The molecular formula is C18H16ClNO4. The largest absolute Gasteiger partial charge is 0.480 e. The molecule has 0 bridgehead atoms. The first-order valence-corrected chi connectivity index (χ1v) is 7.92. The Kier molecular flexibility index (Phi) is 4.71. The maximum absolute atomic E-state index is 11.4. The van der Waals surface area contributed by atoms with Crippen LogP contribution in [0.1, 0.15) is 12.5 Å². The van der Waals surface area contributed by atoms with Crippen LogP contribution in [0.4, 0.5) is 0 Å². The highest BCUT2D eigenvalue weighted by Crippen LogP contribution is 2.38. The van der Waals surface area contributed by atoms with Gasteiger partial charge in [0.05, 0.1) is 12.0 Å². The molecular weight excluding hydrogens is 330 g/mol. The number of benzene rings is 2. The van der Waals surface area contributed by atoms with Gasteiger partial charge in [0, 0.05) is 5.56 Å². The van der Waals surface area contributed by atoms with E-state index in [9.17, 15) is 4.79 Å². The third-order valence-electron chi connectivity index (χ3n) is 3.60. The summed E-state index contributed by atoms with van der Waals surface area (Å²) in [4.78, 5) is 11.4. The SMILES string of the molecule is CCOC(=O)COc1ccc2c(-c3ccccc3C)noc2c1Cl. The Labute approximate surface area is 144 Å². The molecule has 0 atom stereocenters. The molecule has 6 heteroatoms. The average Bonchev–Trinajstić information content (AvgIpc) is 3.00. The maximum atomic E-state index is 11.4. The van der Waals surface area contributed by atoms with E-state index in [4.69, 9.17) is 25.6 Å². The Hall–Kier alpha value is -2.53. The smallest absolute Gasteiger partial charge is 0.344 e. The van der Waals surface area contributed by atoms with Crippen LogP contribution < -0.4 is 4.74 Å². The summed E-state index contributed by atoms with van der Waals surface area (Å²) in [5, 5.41) is 5.22. The third-order valence-corrected chi connectivity index (χ3v) is 3.95. The standard InChI is InChI=1S/C18H16ClNO4/c1-3-22-15(21)10-23-14-9-8-13-17(20-24-18(13)16(14)19)12-7-5-4-6-11(12)2/h4-9H,3,10H2,1-2H3. The second-order valence-corrected chi connectivity index (χ2v) is 5.57. The zero-order valence-electron chi connectivity index (χ0n) is 13.3. The van der Waals surface area contributed by atoms with E-state index in [-0.39, 0.29) is 11.6 Å². The minimum atomic E-state index is -0.452. The van der Waals surface area contributed by atoms with Gasteiger partial charge in [0.1, 0.15) is 16.5 Å². The molecule has 0 unspecified atom stereocenters. The number of aromatic nitrogens is 1. The summed E-state index contributed by atoms with van der Waals surface area (Å²) < 4.78 is 15.6. The minimum Gasteiger partial charge on any atom is -0.480 e. The predicted molar refractivity (Wildman–Crippen MR) is 91.3 cm³/mol. The molecule has 124 valence electrons. The summed E-state index contributed by atoms with van der Waals surface area (Å²) in [6.07, 6.45) is 0. The highest BCUT2D eigenvalue weighted by atomic mass is 35.5. The molecule has 0 amide bonds. The van der Waals surface area contributed by atoms with Crippen LogP contribution in [-0.2, 0) is 9.53 Å². The van der Waals surface area contributed by atoms with Crippen molar-refractivity contribution in [1.82, 2.24) is 5.16 Å². The van der Waals surface area contributed by atoms with E-state index in [2.05, 4.69) is 5.16 Å². The van der Waals surface area contributed by atoms with E-state index in [1.54, 1.807) is 13.0 Å². The van der Waals surface area contributed by atoms with Gasteiger partial charge in [0.25, 0.3) is 0 Å². The van der Waals surface area contributed by atoms with Gasteiger partial charge in [-0.3, -0.25) is 0 Å². The molecule has 2 aromatic carbocycles. The first-order chi connectivity index (χ1) is 11.6. The number of carbonyl (C=O) groups is 1. The lowest BCUT2D eigenvalue weighted by atomic mass is 10.0. The van der Waals surface area contributed by atoms with Gasteiger partial charge in [-0.05, 0) is 31.5 Å². The average molecular weight is 346 g/mol. The lowest BCUT2D eigenvalue weighted by Gasteiger charge is -2.07. The second-order valence-electron chi connectivity index (χ2n) is 5.19. The van der Waals surface area contributed by atoms with E-state index in [0.717, 1.165) is 22.2 Å². The minimum absolute atomic E-state index is 0.210. The number of esters is 1. The molecule has 0 aliphatic heterocycles. The van der Waals surface area contributed by atoms with Crippen molar-refractivity contribution in [3.05, 3.63) is 47.0 Å². The van der Waals surface area contributed by atoms with Gasteiger partial charge in [0.2, 0.25) is 0 Å². The monoisotopic (exact) mass is 345 g/mol. The second kappa shape index (κ2) is 6.93. The fraction of sp³-hybridized carbons (Fsp3) is 0.222. The van der Waals surface area contributed by atoms with Crippen molar-refractivity contribution >= 4 is 28.5 Å². The summed E-state index contributed by atoms with van der Waals surface area (Å²) in [5.74, 6) is -0.100. The van der Waals surface area contributed by atoms with Gasteiger partial charge in [0.15, 0.2) is 12.2 Å². The van der Waals surface area contributed by atoms with Gasteiger partial charge < -0.3 is 14.0 Å². The van der Waals surface area contributed by atoms with E-state index in [1.165, 1.54) is 0 Å². The Balaban J connectivity index is 1.94. The molecule has 5 nitrogen and oxygen atoms in total. The van der Waals surface area contributed by atoms with E-state index in [0.29, 0.717) is 17.9 Å². The highest BCUT2D eigenvalue weighted by Gasteiger charge is 2.18. The third kappa shape index (κ3) is 3.08. The lowest BCUT2D eigenvalue weighted by molar-refractivity contribution is -0.145. The zero-order valence-corrected chi connectivity index (χ0v) is 14.1. The van der Waals surface area contributed by atoms with Crippen LogP contribution in [0, 0.1) is 6.92 Å². The van der Waals surface area contributed by atoms with Crippen molar-refractivity contribution in [1.29, 1.82) is 0 Å². The topological polar surface area (TPSA) is 61.6 Å².